The average molecular weight is 447 g/mol. The van der Waals surface area contributed by atoms with E-state index in [0.717, 1.165) is 11.1 Å². The molecule has 168 valence electrons. The number of nitrogens with one attached hydrogen (secondary N) is 1. The number of anilines is 2. The highest BCUT2D eigenvalue weighted by Gasteiger charge is 2.30. The minimum atomic E-state index is -0.548. The minimum absolute atomic E-state index is 0.113. The average Bonchev–Trinajstić information content (AvgIpc) is 3.24. The maximum atomic E-state index is 13.3. The molecule has 5 N–H and O–H groups in total. The van der Waals surface area contributed by atoms with Crippen molar-refractivity contribution in [2.24, 2.45) is 5.73 Å². The van der Waals surface area contributed by atoms with Gasteiger partial charge in [-0.15, -0.1) is 0 Å². The van der Waals surface area contributed by atoms with Crippen molar-refractivity contribution in [3.63, 3.8) is 0 Å². The van der Waals surface area contributed by atoms with Gasteiger partial charge in [0.15, 0.2) is 11.5 Å². The van der Waals surface area contributed by atoms with Crippen LogP contribution >= 0.6 is 0 Å². The van der Waals surface area contributed by atoms with Crippen LogP contribution in [0.5, 0.6) is 0 Å². The van der Waals surface area contributed by atoms with Gasteiger partial charge in [0.25, 0.3) is 0 Å². The van der Waals surface area contributed by atoms with Crippen molar-refractivity contribution in [1.29, 1.82) is 0 Å². The van der Waals surface area contributed by atoms with Crippen LogP contribution in [0.15, 0.2) is 48.8 Å². The zero-order valence-electron chi connectivity index (χ0n) is 17.6. The number of fused-ring (bicyclic) bond motifs is 1. The van der Waals surface area contributed by atoms with E-state index in [-0.39, 0.29) is 11.8 Å². The zero-order valence-corrected chi connectivity index (χ0v) is 17.6. The standard InChI is InChI=1S/C22H22FN9O/c23-15-5-3-13(4-6-15)19-27-16-20(28-19)29-22(25)30-21(16)32-10-8-31(9-11-32)17(18(24)33)14-2-1-7-26-12-14/h1-7,12,17H,8-11H2,(H2,24,33)(H3,25,27,28,29,30). The summed E-state index contributed by atoms with van der Waals surface area (Å²) in [5.41, 5.74) is 14.2. The Morgan fingerprint density at radius 2 is 1.82 bits per heavy atom. The van der Waals surface area contributed by atoms with E-state index in [1.54, 1.807) is 30.6 Å². The van der Waals surface area contributed by atoms with Crippen LogP contribution in [-0.4, -0.2) is 61.9 Å². The zero-order chi connectivity index (χ0) is 22.9. The second kappa shape index (κ2) is 8.43. The van der Waals surface area contributed by atoms with Gasteiger partial charge in [0, 0.05) is 44.1 Å². The predicted octanol–water partition coefficient (Wildman–Crippen LogP) is 1.48. The lowest BCUT2D eigenvalue weighted by atomic mass is 10.1. The molecule has 1 atom stereocenters. The lowest BCUT2D eigenvalue weighted by Crippen LogP contribution is -2.50. The Hall–Kier alpha value is -4.12. The van der Waals surface area contributed by atoms with Crippen LogP contribution in [-0.2, 0) is 4.79 Å². The van der Waals surface area contributed by atoms with Crippen molar-refractivity contribution >= 4 is 28.8 Å². The molecular weight excluding hydrogens is 425 g/mol. The predicted molar refractivity (Wildman–Crippen MR) is 121 cm³/mol. The van der Waals surface area contributed by atoms with Crippen molar-refractivity contribution in [3.8, 4) is 11.4 Å². The van der Waals surface area contributed by atoms with Crippen LogP contribution in [0, 0.1) is 5.82 Å². The number of H-pyrrole nitrogens is 1. The quantitative estimate of drug-likeness (QED) is 0.418. The number of rotatable bonds is 5. The largest absolute Gasteiger partial charge is 0.368 e. The maximum absolute atomic E-state index is 13.3. The Labute approximate surface area is 188 Å². The molecule has 0 spiro atoms. The summed E-state index contributed by atoms with van der Waals surface area (Å²) < 4.78 is 13.3. The number of imidazole rings is 1. The summed E-state index contributed by atoms with van der Waals surface area (Å²) in [6.07, 6.45) is 3.33. The molecule has 10 nitrogen and oxygen atoms in total. The van der Waals surface area contributed by atoms with Gasteiger partial charge in [0.05, 0.1) is 0 Å². The summed E-state index contributed by atoms with van der Waals surface area (Å²) in [6.45, 7) is 2.38. The number of aromatic nitrogens is 5. The third-order valence-corrected chi connectivity index (χ3v) is 5.72. The van der Waals surface area contributed by atoms with Crippen LogP contribution in [0.1, 0.15) is 11.6 Å². The highest BCUT2D eigenvalue weighted by atomic mass is 19.1. The molecule has 1 unspecified atom stereocenters. The number of pyridine rings is 1. The summed E-state index contributed by atoms with van der Waals surface area (Å²) in [5.74, 6) is 0.563. The summed E-state index contributed by atoms with van der Waals surface area (Å²) >= 11 is 0. The van der Waals surface area contributed by atoms with Crippen molar-refractivity contribution in [2.75, 3.05) is 36.8 Å². The lowest BCUT2D eigenvalue weighted by Gasteiger charge is -2.38. The third-order valence-electron chi connectivity index (χ3n) is 5.72. The van der Waals surface area contributed by atoms with Crippen molar-refractivity contribution in [3.05, 3.63) is 60.2 Å². The van der Waals surface area contributed by atoms with Gasteiger partial charge >= 0.3 is 0 Å². The number of carbonyl (C=O) groups excluding carboxylic acids is 1. The monoisotopic (exact) mass is 447 g/mol. The summed E-state index contributed by atoms with van der Waals surface area (Å²) in [7, 11) is 0. The van der Waals surface area contributed by atoms with Crippen LogP contribution < -0.4 is 16.4 Å². The molecule has 5 rings (SSSR count). The van der Waals surface area contributed by atoms with Crippen LogP contribution in [0.4, 0.5) is 16.2 Å². The number of nitrogen functional groups attached to an aromatic ring is 1. The highest BCUT2D eigenvalue weighted by molar-refractivity contribution is 5.87. The van der Waals surface area contributed by atoms with E-state index in [1.807, 2.05) is 11.0 Å². The van der Waals surface area contributed by atoms with E-state index in [1.165, 1.54) is 12.1 Å². The Kier molecular flexibility index (Phi) is 5.31. The minimum Gasteiger partial charge on any atom is -0.368 e. The maximum Gasteiger partial charge on any atom is 0.239 e. The van der Waals surface area contributed by atoms with E-state index in [4.69, 9.17) is 11.5 Å². The van der Waals surface area contributed by atoms with Crippen molar-refractivity contribution in [1.82, 2.24) is 29.8 Å². The number of benzene rings is 1. The van der Waals surface area contributed by atoms with Gasteiger partial charge in [-0.25, -0.2) is 9.37 Å². The number of amides is 1. The first-order valence-electron chi connectivity index (χ1n) is 10.5. The first kappa shape index (κ1) is 20.8. The molecule has 0 saturated carbocycles. The van der Waals surface area contributed by atoms with E-state index >= 15 is 0 Å². The summed E-state index contributed by atoms with van der Waals surface area (Å²) in [6, 6.07) is 9.13. The Morgan fingerprint density at radius 3 is 2.48 bits per heavy atom. The lowest BCUT2D eigenvalue weighted by molar-refractivity contribution is -0.123. The molecule has 0 radical (unpaired) electrons. The Balaban J connectivity index is 1.41. The molecule has 1 aliphatic rings. The van der Waals surface area contributed by atoms with Gasteiger partial charge in [-0.3, -0.25) is 14.7 Å². The number of hydrogen-bond donors (Lipinski definition) is 3. The highest BCUT2D eigenvalue weighted by Crippen LogP contribution is 2.29. The number of aromatic amines is 1. The fourth-order valence-corrected chi connectivity index (χ4v) is 4.16. The van der Waals surface area contributed by atoms with E-state index in [2.05, 4.69) is 29.8 Å². The SMILES string of the molecule is NC(=O)C(c1cccnc1)N1CCN(c2nc(N)nc3nc(-c4ccc(F)cc4)[nH]c23)CC1. The fourth-order valence-electron chi connectivity index (χ4n) is 4.16. The molecule has 1 amide bonds. The molecule has 11 heteroatoms. The van der Waals surface area contributed by atoms with Crippen LogP contribution in [0.2, 0.25) is 0 Å². The normalized spacial score (nSPS) is 15.6. The number of primary amides is 1. The van der Waals surface area contributed by atoms with Gasteiger partial charge in [-0.05, 0) is 35.9 Å². The first-order chi connectivity index (χ1) is 16.0. The van der Waals surface area contributed by atoms with Crippen molar-refractivity contribution < 1.29 is 9.18 Å². The molecule has 0 aliphatic carbocycles. The Bertz CT molecular complexity index is 1280. The number of nitrogens with two attached hydrogens (primary N) is 2. The molecule has 1 saturated heterocycles. The van der Waals surface area contributed by atoms with Crippen LogP contribution in [0.25, 0.3) is 22.6 Å². The molecule has 1 fully saturated rings. The molecular formula is C22H22FN9O. The molecule has 3 aromatic heterocycles. The number of piperazine rings is 1. The fraction of sp³-hybridized carbons (Fsp3) is 0.227. The second-order valence-electron chi connectivity index (χ2n) is 7.81. The van der Waals surface area contributed by atoms with E-state index < -0.39 is 11.9 Å². The van der Waals surface area contributed by atoms with Crippen molar-refractivity contribution in [2.45, 2.75) is 6.04 Å². The smallest absolute Gasteiger partial charge is 0.239 e. The second-order valence-corrected chi connectivity index (χ2v) is 7.81. The summed E-state index contributed by atoms with van der Waals surface area (Å²) in [4.78, 5) is 36.9. The molecule has 1 aromatic carbocycles. The van der Waals surface area contributed by atoms with E-state index in [0.29, 0.717) is 49.0 Å². The van der Waals surface area contributed by atoms with Gasteiger partial charge in [-0.2, -0.15) is 9.97 Å². The van der Waals surface area contributed by atoms with E-state index in [9.17, 15) is 9.18 Å². The molecule has 0 bridgehead atoms. The van der Waals surface area contributed by atoms with Crippen LogP contribution in [0.3, 0.4) is 0 Å². The summed E-state index contributed by atoms with van der Waals surface area (Å²) in [5, 5.41) is 0. The van der Waals surface area contributed by atoms with Gasteiger partial charge < -0.3 is 21.4 Å². The molecule has 33 heavy (non-hydrogen) atoms. The van der Waals surface area contributed by atoms with Gasteiger partial charge in [-0.1, -0.05) is 6.07 Å². The first-order valence-corrected chi connectivity index (χ1v) is 10.5. The molecule has 1 aliphatic heterocycles. The van der Waals surface area contributed by atoms with Gasteiger partial charge in [0.2, 0.25) is 11.9 Å². The third kappa shape index (κ3) is 4.05. The number of carbonyl (C=O) groups is 1. The molecule has 4 heterocycles. The number of hydrogen-bond acceptors (Lipinski definition) is 8. The Morgan fingerprint density at radius 1 is 1.06 bits per heavy atom. The number of halogens is 1. The molecule has 4 aromatic rings. The van der Waals surface area contributed by atoms with Gasteiger partial charge in [0.1, 0.15) is 23.2 Å². The number of nitrogens with zero attached hydrogens (tertiary/aromatic N) is 6. The topological polar surface area (TPSA) is 143 Å².